The number of carbonyl (C=O) groups excluding carboxylic acids is 1. The number of likely N-dealkylation sites (tertiary alicyclic amines) is 1. The number of ketones is 1. The van der Waals surface area contributed by atoms with E-state index < -0.39 is 6.09 Å². The standard InChI is InChI=1S/C9H14N2O3/c1-10(2)4-3-8(12)7-5-11(6-7)9(13)14/h3-4,7H,5-6H2,1-2H3,(H,13,14)/b4-3+. The first kappa shape index (κ1) is 10.6. The maximum atomic E-state index is 11.4. The van der Waals surface area contributed by atoms with Gasteiger partial charge in [-0.25, -0.2) is 4.79 Å². The quantitative estimate of drug-likeness (QED) is 0.660. The van der Waals surface area contributed by atoms with Crippen molar-refractivity contribution < 1.29 is 14.7 Å². The number of allylic oxidation sites excluding steroid dienone is 1. The van der Waals surface area contributed by atoms with Crippen LogP contribution in [0.1, 0.15) is 0 Å². The summed E-state index contributed by atoms with van der Waals surface area (Å²) in [6.07, 6.45) is 2.21. The van der Waals surface area contributed by atoms with Crippen molar-refractivity contribution >= 4 is 11.9 Å². The Morgan fingerprint density at radius 2 is 2.00 bits per heavy atom. The van der Waals surface area contributed by atoms with E-state index in [-0.39, 0.29) is 11.7 Å². The van der Waals surface area contributed by atoms with Crippen LogP contribution in [0.5, 0.6) is 0 Å². The highest BCUT2D eigenvalue weighted by Gasteiger charge is 2.34. The van der Waals surface area contributed by atoms with Crippen LogP contribution in [0.25, 0.3) is 0 Å². The Bertz CT molecular complexity index is 267. The zero-order valence-electron chi connectivity index (χ0n) is 8.30. The van der Waals surface area contributed by atoms with Crippen molar-refractivity contribution in [1.29, 1.82) is 0 Å². The van der Waals surface area contributed by atoms with Crippen molar-refractivity contribution in [2.75, 3.05) is 27.2 Å². The molecule has 78 valence electrons. The first-order valence-electron chi connectivity index (χ1n) is 4.37. The third-order valence-corrected chi connectivity index (χ3v) is 2.09. The summed E-state index contributed by atoms with van der Waals surface area (Å²) in [5, 5.41) is 8.54. The third-order valence-electron chi connectivity index (χ3n) is 2.09. The largest absolute Gasteiger partial charge is 0.465 e. The molecule has 5 heteroatoms. The van der Waals surface area contributed by atoms with Crippen LogP contribution in [-0.4, -0.2) is 54.0 Å². The molecule has 0 bridgehead atoms. The van der Waals surface area contributed by atoms with Crippen molar-refractivity contribution in [3.05, 3.63) is 12.3 Å². The van der Waals surface area contributed by atoms with Gasteiger partial charge in [0.25, 0.3) is 0 Å². The molecule has 1 fully saturated rings. The molecule has 0 saturated carbocycles. The second-order valence-corrected chi connectivity index (χ2v) is 3.57. The average Bonchev–Trinajstić information content (AvgIpc) is 1.97. The topological polar surface area (TPSA) is 60.9 Å². The summed E-state index contributed by atoms with van der Waals surface area (Å²) in [6.45, 7) is 0.651. The zero-order chi connectivity index (χ0) is 10.7. The molecule has 1 saturated heterocycles. The summed E-state index contributed by atoms with van der Waals surface area (Å²) in [6, 6.07) is 0. The monoisotopic (exact) mass is 198 g/mol. The molecular weight excluding hydrogens is 184 g/mol. The van der Waals surface area contributed by atoms with Crippen molar-refractivity contribution in [3.8, 4) is 0 Å². The van der Waals surface area contributed by atoms with Gasteiger partial charge in [0.15, 0.2) is 5.78 Å². The lowest BCUT2D eigenvalue weighted by Crippen LogP contribution is -2.52. The minimum atomic E-state index is -0.953. The van der Waals surface area contributed by atoms with Crippen LogP contribution in [0.2, 0.25) is 0 Å². The SMILES string of the molecule is CN(C)/C=C/C(=O)C1CN(C(=O)O)C1. The fraction of sp³-hybridized carbons (Fsp3) is 0.556. The summed E-state index contributed by atoms with van der Waals surface area (Å²) >= 11 is 0. The van der Waals surface area contributed by atoms with Gasteiger partial charge in [0.1, 0.15) is 0 Å². The highest BCUT2D eigenvalue weighted by molar-refractivity contribution is 5.93. The van der Waals surface area contributed by atoms with Gasteiger partial charge in [-0.1, -0.05) is 0 Å². The first-order chi connectivity index (χ1) is 6.50. The maximum absolute atomic E-state index is 11.4. The molecule has 0 aromatic carbocycles. The molecule has 1 N–H and O–H groups in total. The van der Waals surface area contributed by atoms with Crippen molar-refractivity contribution in [1.82, 2.24) is 9.80 Å². The Hall–Kier alpha value is -1.52. The van der Waals surface area contributed by atoms with E-state index in [1.807, 2.05) is 14.1 Å². The zero-order valence-corrected chi connectivity index (χ0v) is 8.30. The molecule has 0 aliphatic carbocycles. The number of rotatable bonds is 3. The summed E-state index contributed by atoms with van der Waals surface area (Å²) in [5.41, 5.74) is 0. The van der Waals surface area contributed by atoms with Gasteiger partial charge in [0, 0.05) is 33.4 Å². The Kier molecular flexibility index (Phi) is 3.11. The van der Waals surface area contributed by atoms with E-state index >= 15 is 0 Å². The second-order valence-electron chi connectivity index (χ2n) is 3.57. The van der Waals surface area contributed by atoms with E-state index in [4.69, 9.17) is 5.11 Å². The molecular formula is C9H14N2O3. The first-order valence-corrected chi connectivity index (χ1v) is 4.37. The van der Waals surface area contributed by atoms with E-state index in [0.29, 0.717) is 13.1 Å². The summed E-state index contributed by atoms with van der Waals surface area (Å²) < 4.78 is 0. The Balaban J connectivity index is 2.33. The van der Waals surface area contributed by atoms with Gasteiger partial charge in [-0.05, 0) is 6.08 Å². The van der Waals surface area contributed by atoms with Crippen LogP contribution in [-0.2, 0) is 4.79 Å². The van der Waals surface area contributed by atoms with Gasteiger partial charge in [-0.3, -0.25) is 4.79 Å². The van der Waals surface area contributed by atoms with Gasteiger partial charge >= 0.3 is 6.09 Å². The Morgan fingerprint density at radius 1 is 1.43 bits per heavy atom. The summed E-state index contributed by atoms with van der Waals surface area (Å²) in [5.74, 6) is -0.154. The number of carbonyl (C=O) groups is 2. The molecule has 0 aromatic heterocycles. The molecule has 0 aromatic rings. The van der Waals surface area contributed by atoms with Crippen molar-refractivity contribution in [2.45, 2.75) is 0 Å². The Morgan fingerprint density at radius 3 is 2.43 bits per heavy atom. The van der Waals surface area contributed by atoms with Crippen LogP contribution >= 0.6 is 0 Å². The third kappa shape index (κ3) is 2.48. The van der Waals surface area contributed by atoms with Crippen LogP contribution in [0.15, 0.2) is 12.3 Å². The molecule has 1 rings (SSSR count). The molecule has 0 atom stereocenters. The van der Waals surface area contributed by atoms with E-state index in [0.717, 1.165) is 0 Å². The number of carboxylic acid groups (broad SMARTS) is 1. The Labute approximate surface area is 82.6 Å². The number of hydrogen-bond donors (Lipinski definition) is 1. The van der Waals surface area contributed by atoms with E-state index in [9.17, 15) is 9.59 Å². The van der Waals surface area contributed by atoms with Gasteiger partial charge in [-0.15, -0.1) is 0 Å². The van der Waals surface area contributed by atoms with Crippen LogP contribution in [0.3, 0.4) is 0 Å². The highest BCUT2D eigenvalue weighted by Crippen LogP contribution is 2.16. The smallest absolute Gasteiger partial charge is 0.407 e. The van der Waals surface area contributed by atoms with Gasteiger partial charge in [0.2, 0.25) is 0 Å². The summed E-state index contributed by atoms with van der Waals surface area (Å²) in [4.78, 5) is 24.8. The fourth-order valence-electron chi connectivity index (χ4n) is 1.17. The fourth-order valence-corrected chi connectivity index (χ4v) is 1.17. The predicted molar refractivity (Wildman–Crippen MR) is 50.9 cm³/mol. The van der Waals surface area contributed by atoms with Crippen molar-refractivity contribution in [3.63, 3.8) is 0 Å². The number of amides is 1. The lowest BCUT2D eigenvalue weighted by Gasteiger charge is -2.35. The highest BCUT2D eigenvalue weighted by atomic mass is 16.4. The molecule has 5 nitrogen and oxygen atoms in total. The van der Waals surface area contributed by atoms with E-state index in [2.05, 4.69) is 0 Å². The second kappa shape index (κ2) is 4.13. The van der Waals surface area contributed by atoms with Gasteiger partial charge < -0.3 is 14.9 Å². The molecule has 14 heavy (non-hydrogen) atoms. The normalized spacial score (nSPS) is 16.9. The van der Waals surface area contributed by atoms with Gasteiger partial charge in [0.05, 0.1) is 5.92 Å². The average molecular weight is 198 g/mol. The number of nitrogens with zero attached hydrogens (tertiary/aromatic N) is 2. The van der Waals surface area contributed by atoms with Crippen LogP contribution < -0.4 is 0 Å². The molecule has 1 aliphatic heterocycles. The minimum Gasteiger partial charge on any atom is -0.465 e. The van der Waals surface area contributed by atoms with E-state index in [1.54, 1.807) is 11.1 Å². The molecule has 0 unspecified atom stereocenters. The molecule has 0 spiro atoms. The van der Waals surface area contributed by atoms with Crippen molar-refractivity contribution in [2.24, 2.45) is 5.92 Å². The maximum Gasteiger partial charge on any atom is 0.407 e. The lowest BCUT2D eigenvalue weighted by atomic mass is 9.96. The summed E-state index contributed by atoms with van der Waals surface area (Å²) in [7, 11) is 3.65. The van der Waals surface area contributed by atoms with Crippen LogP contribution in [0, 0.1) is 5.92 Å². The van der Waals surface area contributed by atoms with Gasteiger partial charge in [-0.2, -0.15) is 0 Å². The molecule has 0 radical (unpaired) electrons. The molecule has 1 heterocycles. The predicted octanol–water partition coefficient (Wildman–Crippen LogP) is 0.241. The molecule has 1 aliphatic rings. The molecule has 1 amide bonds. The number of hydrogen-bond acceptors (Lipinski definition) is 3. The minimum absolute atomic E-state index is 0.00352. The van der Waals surface area contributed by atoms with Crippen LogP contribution in [0.4, 0.5) is 4.79 Å². The lowest BCUT2D eigenvalue weighted by molar-refractivity contribution is -0.122. The van der Waals surface area contributed by atoms with E-state index in [1.165, 1.54) is 11.0 Å².